The minimum Gasteiger partial charge on any atom is -0.293 e. The molecule has 2 rings (SSSR count). The van der Waals surface area contributed by atoms with Crippen LogP contribution in [0.2, 0.25) is 0 Å². The van der Waals surface area contributed by atoms with Crippen LogP contribution in [-0.4, -0.2) is 24.4 Å². The maximum absolute atomic E-state index is 12.4. The summed E-state index contributed by atoms with van der Waals surface area (Å²) in [5.74, 6) is 0. The summed E-state index contributed by atoms with van der Waals surface area (Å²) in [6, 6.07) is 6.52. The molecule has 0 atom stereocenters. The van der Waals surface area contributed by atoms with E-state index in [1.807, 2.05) is 4.90 Å². The van der Waals surface area contributed by atoms with Crippen molar-refractivity contribution in [3.63, 3.8) is 0 Å². The van der Waals surface area contributed by atoms with Gasteiger partial charge in [0.15, 0.2) is 0 Å². The Balaban J connectivity index is 2.19. The fourth-order valence-electron chi connectivity index (χ4n) is 2.43. The molecule has 18 heavy (non-hydrogen) atoms. The Morgan fingerprint density at radius 3 is 2.56 bits per heavy atom. The molecule has 1 aromatic rings. The van der Waals surface area contributed by atoms with Crippen LogP contribution in [0, 0.1) is 0 Å². The second-order valence-corrected chi connectivity index (χ2v) is 6.11. The Bertz CT molecular complexity index is 421. The minimum atomic E-state index is -2.24. The van der Waals surface area contributed by atoms with Gasteiger partial charge < -0.3 is 0 Å². The van der Waals surface area contributed by atoms with E-state index in [0.29, 0.717) is 6.54 Å². The van der Waals surface area contributed by atoms with Crippen molar-refractivity contribution in [2.75, 3.05) is 13.1 Å². The SMILES string of the molecule is CC(C)(C)c1ccc2c(c1)CN(CC(F)F)CC2. The molecular formula is C15H21F2N. The Morgan fingerprint density at radius 2 is 1.94 bits per heavy atom. The molecule has 1 heterocycles. The van der Waals surface area contributed by atoms with Crippen molar-refractivity contribution in [1.82, 2.24) is 4.90 Å². The van der Waals surface area contributed by atoms with Crippen LogP contribution in [0.3, 0.4) is 0 Å². The lowest BCUT2D eigenvalue weighted by Gasteiger charge is -2.30. The van der Waals surface area contributed by atoms with E-state index in [9.17, 15) is 8.78 Å². The van der Waals surface area contributed by atoms with E-state index in [4.69, 9.17) is 0 Å². The number of nitrogens with zero attached hydrogens (tertiary/aromatic N) is 1. The number of halogens is 2. The Hall–Kier alpha value is -0.960. The maximum atomic E-state index is 12.4. The third-order valence-corrected chi connectivity index (χ3v) is 3.56. The second kappa shape index (κ2) is 4.96. The highest BCUT2D eigenvalue weighted by atomic mass is 19.3. The second-order valence-electron chi connectivity index (χ2n) is 6.11. The number of alkyl halides is 2. The molecule has 0 radical (unpaired) electrons. The summed E-state index contributed by atoms with van der Waals surface area (Å²) < 4.78 is 24.8. The number of benzene rings is 1. The van der Waals surface area contributed by atoms with Crippen molar-refractivity contribution in [2.45, 2.75) is 45.6 Å². The van der Waals surface area contributed by atoms with Crippen LogP contribution in [-0.2, 0) is 18.4 Å². The molecular weight excluding hydrogens is 232 g/mol. The summed E-state index contributed by atoms with van der Waals surface area (Å²) in [5.41, 5.74) is 3.92. The molecule has 100 valence electrons. The zero-order valence-corrected chi connectivity index (χ0v) is 11.3. The first-order valence-corrected chi connectivity index (χ1v) is 6.49. The largest absolute Gasteiger partial charge is 0.293 e. The van der Waals surface area contributed by atoms with E-state index in [-0.39, 0.29) is 12.0 Å². The molecule has 0 unspecified atom stereocenters. The first-order valence-electron chi connectivity index (χ1n) is 6.49. The fraction of sp³-hybridized carbons (Fsp3) is 0.600. The van der Waals surface area contributed by atoms with Crippen molar-refractivity contribution < 1.29 is 8.78 Å². The van der Waals surface area contributed by atoms with Crippen LogP contribution in [0.1, 0.15) is 37.5 Å². The van der Waals surface area contributed by atoms with E-state index >= 15 is 0 Å². The average Bonchev–Trinajstić information content (AvgIpc) is 2.26. The third-order valence-electron chi connectivity index (χ3n) is 3.56. The van der Waals surface area contributed by atoms with E-state index in [2.05, 4.69) is 39.0 Å². The van der Waals surface area contributed by atoms with Crippen molar-refractivity contribution in [3.8, 4) is 0 Å². The molecule has 3 heteroatoms. The van der Waals surface area contributed by atoms with Gasteiger partial charge in [0.2, 0.25) is 0 Å². The van der Waals surface area contributed by atoms with Gasteiger partial charge in [-0.15, -0.1) is 0 Å². The highest BCUT2D eigenvalue weighted by molar-refractivity contribution is 5.36. The predicted octanol–water partition coefficient (Wildman–Crippen LogP) is 3.61. The Morgan fingerprint density at radius 1 is 1.22 bits per heavy atom. The molecule has 0 spiro atoms. The van der Waals surface area contributed by atoms with Crippen LogP contribution >= 0.6 is 0 Å². The van der Waals surface area contributed by atoms with Gasteiger partial charge in [-0.25, -0.2) is 8.78 Å². The van der Waals surface area contributed by atoms with E-state index in [0.717, 1.165) is 13.0 Å². The quantitative estimate of drug-likeness (QED) is 0.778. The number of hydrogen-bond acceptors (Lipinski definition) is 1. The zero-order chi connectivity index (χ0) is 13.3. The van der Waals surface area contributed by atoms with Gasteiger partial charge in [-0.2, -0.15) is 0 Å². The lowest BCUT2D eigenvalue weighted by atomic mass is 9.84. The van der Waals surface area contributed by atoms with Gasteiger partial charge in [0.05, 0.1) is 6.54 Å². The molecule has 0 bridgehead atoms. The summed E-state index contributed by atoms with van der Waals surface area (Å²) in [7, 11) is 0. The van der Waals surface area contributed by atoms with Gasteiger partial charge >= 0.3 is 0 Å². The van der Waals surface area contributed by atoms with Crippen LogP contribution in [0.4, 0.5) is 8.78 Å². The summed E-state index contributed by atoms with van der Waals surface area (Å²) in [6.45, 7) is 7.81. The Labute approximate surface area is 108 Å². The van der Waals surface area contributed by atoms with Crippen molar-refractivity contribution in [2.24, 2.45) is 0 Å². The first kappa shape index (κ1) is 13.5. The molecule has 1 aliphatic heterocycles. The molecule has 1 nitrogen and oxygen atoms in total. The first-order chi connectivity index (χ1) is 8.36. The summed E-state index contributed by atoms with van der Waals surface area (Å²) in [5, 5.41) is 0. The Kier molecular flexibility index (Phi) is 3.71. The van der Waals surface area contributed by atoms with Gasteiger partial charge in [-0.3, -0.25) is 4.90 Å². The lowest BCUT2D eigenvalue weighted by Crippen LogP contribution is -2.34. The molecule has 0 aromatic heterocycles. The van der Waals surface area contributed by atoms with E-state index < -0.39 is 6.43 Å². The smallest absolute Gasteiger partial charge is 0.251 e. The predicted molar refractivity (Wildman–Crippen MR) is 70.1 cm³/mol. The molecule has 0 amide bonds. The van der Waals surface area contributed by atoms with E-state index in [1.165, 1.54) is 16.7 Å². The van der Waals surface area contributed by atoms with Gasteiger partial charge in [0, 0.05) is 13.1 Å². The highest BCUT2D eigenvalue weighted by Gasteiger charge is 2.21. The number of rotatable bonds is 2. The van der Waals surface area contributed by atoms with Crippen LogP contribution in [0.15, 0.2) is 18.2 Å². The standard InChI is InChI=1S/C15H21F2N/c1-15(2,3)13-5-4-11-6-7-18(10-14(16)17)9-12(11)8-13/h4-5,8,14H,6-7,9-10H2,1-3H3. The van der Waals surface area contributed by atoms with Crippen LogP contribution in [0.5, 0.6) is 0 Å². The summed E-state index contributed by atoms with van der Waals surface area (Å²) in [6.07, 6.45) is -1.36. The normalized spacial score (nSPS) is 17.0. The van der Waals surface area contributed by atoms with Crippen molar-refractivity contribution in [1.29, 1.82) is 0 Å². The van der Waals surface area contributed by atoms with Gasteiger partial charge in [0.25, 0.3) is 6.43 Å². The van der Waals surface area contributed by atoms with E-state index in [1.54, 1.807) is 0 Å². The fourth-order valence-corrected chi connectivity index (χ4v) is 2.43. The highest BCUT2D eigenvalue weighted by Crippen LogP contribution is 2.27. The monoisotopic (exact) mass is 253 g/mol. The molecule has 0 aliphatic carbocycles. The maximum Gasteiger partial charge on any atom is 0.251 e. The molecule has 0 saturated heterocycles. The van der Waals surface area contributed by atoms with Gasteiger partial charge in [-0.05, 0) is 28.5 Å². The topological polar surface area (TPSA) is 3.24 Å². The molecule has 0 fully saturated rings. The van der Waals surface area contributed by atoms with Crippen molar-refractivity contribution in [3.05, 3.63) is 34.9 Å². The third kappa shape index (κ3) is 3.08. The van der Waals surface area contributed by atoms with Crippen LogP contribution < -0.4 is 0 Å². The number of hydrogen-bond donors (Lipinski definition) is 0. The van der Waals surface area contributed by atoms with Crippen LogP contribution in [0.25, 0.3) is 0 Å². The molecule has 1 aliphatic rings. The zero-order valence-electron chi connectivity index (χ0n) is 11.3. The molecule has 0 saturated carbocycles. The van der Waals surface area contributed by atoms with Gasteiger partial charge in [-0.1, -0.05) is 39.0 Å². The average molecular weight is 253 g/mol. The van der Waals surface area contributed by atoms with Gasteiger partial charge in [0.1, 0.15) is 0 Å². The summed E-state index contributed by atoms with van der Waals surface area (Å²) in [4.78, 5) is 1.85. The molecule has 0 N–H and O–H groups in total. The summed E-state index contributed by atoms with van der Waals surface area (Å²) >= 11 is 0. The molecule has 1 aromatic carbocycles. The minimum absolute atomic E-state index is 0.111. The number of fused-ring (bicyclic) bond motifs is 1. The van der Waals surface area contributed by atoms with Crippen molar-refractivity contribution >= 4 is 0 Å². The lowest BCUT2D eigenvalue weighted by molar-refractivity contribution is 0.0820.